The summed E-state index contributed by atoms with van der Waals surface area (Å²) in [5.74, 6) is 0.288. The summed E-state index contributed by atoms with van der Waals surface area (Å²) in [4.78, 5) is 0. The summed E-state index contributed by atoms with van der Waals surface area (Å²) >= 11 is 3.24. The van der Waals surface area contributed by atoms with Crippen molar-refractivity contribution < 1.29 is 9.13 Å². The average Bonchev–Trinajstić information content (AvgIpc) is 2.16. The molecule has 4 heteroatoms. The van der Waals surface area contributed by atoms with Crippen LogP contribution in [-0.4, -0.2) is 19.7 Å². The van der Waals surface area contributed by atoms with Crippen LogP contribution in [0.15, 0.2) is 22.7 Å². The Hall–Kier alpha value is -0.610. The first-order chi connectivity index (χ1) is 7.61. The molecular weight excluding hydrogens is 273 g/mol. The van der Waals surface area contributed by atoms with Gasteiger partial charge in [-0.1, -0.05) is 15.9 Å². The minimum absolute atomic E-state index is 0.0991. The second-order valence-corrected chi connectivity index (χ2v) is 4.70. The Morgan fingerprint density at radius 3 is 2.81 bits per heavy atom. The molecule has 1 N–H and O–H groups in total. The van der Waals surface area contributed by atoms with Gasteiger partial charge in [-0.2, -0.15) is 0 Å². The van der Waals surface area contributed by atoms with Gasteiger partial charge < -0.3 is 10.1 Å². The monoisotopic (exact) mass is 289 g/mol. The fourth-order valence-corrected chi connectivity index (χ4v) is 1.90. The van der Waals surface area contributed by atoms with Crippen molar-refractivity contribution in [3.8, 4) is 5.75 Å². The van der Waals surface area contributed by atoms with Gasteiger partial charge in [-0.3, -0.25) is 0 Å². The van der Waals surface area contributed by atoms with Crippen LogP contribution < -0.4 is 10.1 Å². The van der Waals surface area contributed by atoms with Crippen LogP contribution in [0.5, 0.6) is 5.75 Å². The molecule has 0 bridgehead atoms. The third kappa shape index (κ3) is 4.94. The smallest absolute Gasteiger partial charge is 0.128 e. The molecule has 0 radical (unpaired) electrons. The molecular formula is C12H17BrFNO. The quantitative estimate of drug-likeness (QED) is 0.811. The van der Waals surface area contributed by atoms with E-state index < -0.39 is 0 Å². The minimum atomic E-state index is -0.285. The highest BCUT2D eigenvalue weighted by Crippen LogP contribution is 2.22. The molecule has 1 aromatic carbocycles. The molecule has 0 aliphatic heterocycles. The number of benzene rings is 1. The Kier molecular flexibility index (Phi) is 5.77. The van der Waals surface area contributed by atoms with Crippen LogP contribution in [0.4, 0.5) is 4.39 Å². The standard InChI is InChI=1S/C12H17BrFNO/c1-9(4-3-5-15-2)16-12-7-10(13)6-11(14)8-12/h6-9,15H,3-5H2,1-2H3. The van der Waals surface area contributed by atoms with E-state index >= 15 is 0 Å². The van der Waals surface area contributed by atoms with Crippen LogP contribution in [-0.2, 0) is 0 Å². The molecule has 16 heavy (non-hydrogen) atoms. The second kappa shape index (κ2) is 6.86. The number of rotatable bonds is 6. The van der Waals surface area contributed by atoms with E-state index in [4.69, 9.17) is 4.74 Å². The molecule has 0 aliphatic rings. The Bertz CT molecular complexity index is 313. The van der Waals surface area contributed by atoms with Crippen LogP contribution in [0.3, 0.4) is 0 Å². The zero-order chi connectivity index (χ0) is 12.0. The molecule has 0 heterocycles. The fourth-order valence-electron chi connectivity index (χ4n) is 1.45. The van der Waals surface area contributed by atoms with Gasteiger partial charge in [0.1, 0.15) is 11.6 Å². The van der Waals surface area contributed by atoms with Gasteiger partial charge in [0, 0.05) is 10.5 Å². The van der Waals surface area contributed by atoms with Crippen molar-refractivity contribution >= 4 is 15.9 Å². The second-order valence-electron chi connectivity index (χ2n) is 3.78. The van der Waals surface area contributed by atoms with Crippen molar-refractivity contribution in [1.29, 1.82) is 0 Å². The molecule has 1 atom stereocenters. The van der Waals surface area contributed by atoms with Gasteiger partial charge in [0.05, 0.1) is 6.10 Å². The van der Waals surface area contributed by atoms with Crippen LogP contribution in [0.25, 0.3) is 0 Å². The molecule has 0 aromatic heterocycles. The Balaban J connectivity index is 2.45. The van der Waals surface area contributed by atoms with Gasteiger partial charge in [-0.15, -0.1) is 0 Å². The molecule has 0 fully saturated rings. The number of ether oxygens (including phenoxy) is 1. The maximum Gasteiger partial charge on any atom is 0.128 e. The van der Waals surface area contributed by atoms with Crippen molar-refractivity contribution in [3.63, 3.8) is 0 Å². The van der Waals surface area contributed by atoms with Gasteiger partial charge in [-0.25, -0.2) is 4.39 Å². The topological polar surface area (TPSA) is 21.3 Å². The molecule has 0 amide bonds. The van der Waals surface area contributed by atoms with Crippen LogP contribution in [0.1, 0.15) is 19.8 Å². The highest BCUT2D eigenvalue weighted by Gasteiger charge is 2.05. The van der Waals surface area contributed by atoms with Crippen molar-refractivity contribution in [2.24, 2.45) is 0 Å². The van der Waals surface area contributed by atoms with E-state index in [-0.39, 0.29) is 11.9 Å². The largest absolute Gasteiger partial charge is 0.491 e. The Labute approximate surface area is 104 Å². The summed E-state index contributed by atoms with van der Waals surface area (Å²) in [5, 5.41) is 3.08. The third-order valence-electron chi connectivity index (χ3n) is 2.21. The minimum Gasteiger partial charge on any atom is -0.491 e. The van der Waals surface area contributed by atoms with Gasteiger partial charge in [0.15, 0.2) is 0 Å². The van der Waals surface area contributed by atoms with Crippen molar-refractivity contribution in [2.75, 3.05) is 13.6 Å². The van der Waals surface area contributed by atoms with E-state index in [1.807, 2.05) is 14.0 Å². The molecule has 0 spiro atoms. The van der Waals surface area contributed by atoms with E-state index in [2.05, 4.69) is 21.2 Å². The van der Waals surface area contributed by atoms with E-state index in [0.29, 0.717) is 10.2 Å². The summed E-state index contributed by atoms with van der Waals surface area (Å²) < 4.78 is 19.4. The lowest BCUT2D eigenvalue weighted by Crippen LogP contribution is -2.15. The molecule has 1 rings (SSSR count). The lowest BCUT2D eigenvalue weighted by molar-refractivity contribution is 0.207. The molecule has 2 nitrogen and oxygen atoms in total. The Morgan fingerprint density at radius 1 is 1.44 bits per heavy atom. The molecule has 0 saturated carbocycles. The van der Waals surface area contributed by atoms with Gasteiger partial charge in [0.25, 0.3) is 0 Å². The summed E-state index contributed by atoms with van der Waals surface area (Å²) in [6, 6.07) is 4.59. The third-order valence-corrected chi connectivity index (χ3v) is 2.67. The predicted molar refractivity (Wildman–Crippen MR) is 67.4 cm³/mol. The highest BCUT2D eigenvalue weighted by atomic mass is 79.9. The number of halogens is 2. The number of hydrogen-bond acceptors (Lipinski definition) is 2. The first kappa shape index (κ1) is 13.5. The summed E-state index contributed by atoms with van der Waals surface area (Å²) in [6.45, 7) is 2.97. The van der Waals surface area contributed by atoms with E-state index in [9.17, 15) is 4.39 Å². The average molecular weight is 290 g/mol. The van der Waals surface area contributed by atoms with Crippen LogP contribution >= 0.6 is 15.9 Å². The van der Waals surface area contributed by atoms with E-state index in [1.165, 1.54) is 12.1 Å². The SMILES string of the molecule is CNCCCC(C)Oc1cc(F)cc(Br)c1. The predicted octanol–water partition coefficient (Wildman–Crippen LogP) is 3.36. The molecule has 0 aliphatic carbocycles. The van der Waals surface area contributed by atoms with Crippen molar-refractivity contribution in [3.05, 3.63) is 28.5 Å². The van der Waals surface area contributed by atoms with Gasteiger partial charge >= 0.3 is 0 Å². The fraction of sp³-hybridized carbons (Fsp3) is 0.500. The highest BCUT2D eigenvalue weighted by molar-refractivity contribution is 9.10. The van der Waals surface area contributed by atoms with E-state index in [0.717, 1.165) is 19.4 Å². The molecule has 1 unspecified atom stereocenters. The van der Waals surface area contributed by atoms with Gasteiger partial charge in [-0.05, 0) is 45.5 Å². The first-order valence-electron chi connectivity index (χ1n) is 5.39. The maximum atomic E-state index is 13.1. The van der Waals surface area contributed by atoms with Crippen molar-refractivity contribution in [1.82, 2.24) is 5.32 Å². The van der Waals surface area contributed by atoms with Crippen LogP contribution in [0.2, 0.25) is 0 Å². The molecule has 90 valence electrons. The maximum absolute atomic E-state index is 13.1. The summed E-state index contributed by atoms with van der Waals surface area (Å²) in [7, 11) is 1.93. The first-order valence-corrected chi connectivity index (χ1v) is 6.18. The van der Waals surface area contributed by atoms with Crippen LogP contribution in [0, 0.1) is 5.82 Å². The summed E-state index contributed by atoms with van der Waals surface area (Å²) in [5.41, 5.74) is 0. The lowest BCUT2D eigenvalue weighted by atomic mass is 10.2. The number of hydrogen-bond donors (Lipinski definition) is 1. The number of nitrogens with one attached hydrogen (secondary N) is 1. The van der Waals surface area contributed by atoms with Crippen molar-refractivity contribution in [2.45, 2.75) is 25.9 Å². The normalized spacial score (nSPS) is 12.5. The zero-order valence-corrected chi connectivity index (χ0v) is 11.2. The molecule has 1 aromatic rings. The lowest BCUT2D eigenvalue weighted by Gasteiger charge is -2.14. The summed E-state index contributed by atoms with van der Waals surface area (Å²) in [6.07, 6.45) is 2.10. The Morgan fingerprint density at radius 2 is 2.19 bits per heavy atom. The van der Waals surface area contributed by atoms with E-state index in [1.54, 1.807) is 6.07 Å². The van der Waals surface area contributed by atoms with Gasteiger partial charge in [0.2, 0.25) is 0 Å². The zero-order valence-electron chi connectivity index (χ0n) is 9.59. The molecule has 0 saturated heterocycles.